The van der Waals surface area contributed by atoms with Crippen molar-refractivity contribution < 1.29 is 14.3 Å². The second kappa shape index (κ2) is 8.60. The first kappa shape index (κ1) is 19.4. The summed E-state index contributed by atoms with van der Waals surface area (Å²) in [6, 6.07) is 14.0. The zero-order valence-corrected chi connectivity index (χ0v) is 17.1. The van der Waals surface area contributed by atoms with Gasteiger partial charge in [-0.3, -0.25) is 4.79 Å². The first-order chi connectivity index (χ1) is 14.2. The number of amides is 1. The number of fused-ring (bicyclic) bond motifs is 1. The highest BCUT2D eigenvalue weighted by Gasteiger charge is 2.29. The first-order valence-corrected chi connectivity index (χ1v) is 10.2. The maximum atomic E-state index is 13.1. The van der Waals surface area contributed by atoms with E-state index in [0.29, 0.717) is 13.1 Å². The van der Waals surface area contributed by atoms with Gasteiger partial charge in [-0.05, 0) is 49.1 Å². The quantitative estimate of drug-likeness (QED) is 0.612. The molecule has 1 aromatic heterocycles. The van der Waals surface area contributed by atoms with Gasteiger partial charge in [0.15, 0.2) is 0 Å². The molecule has 152 valence electrons. The van der Waals surface area contributed by atoms with Crippen molar-refractivity contribution in [2.24, 2.45) is 5.92 Å². The molecule has 1 saturated carbocycles. The lowest BCUT2D eigenvalue weighted by Gasteiger charge is -2.32. The number of ether oxygens (including phenoxy) is 2. The van der Waals surface area contributed by atoms with Crippen molar-refractivity contribution in [2.75, 3.05) is 20.8 Å². The Morgan fingerprint density at radius 1 is 1.10 bits per heavy atom. The van der Waals surface area contributed by atoms with Crippen LogP contribution in [0.1, 0.15) is 30.4 Å². The average molecular weight is 392 g/mol. The summed E-state index contributed by atoms with van der Waals surface area (Å²) in [7, 11) is 3.36. The van der Waals surface area contributed by atoms with Gasteiger partial charge in [-0.25, -0.2) is 0 Å². The zero-order valence-electron chi connectivity index (χ0n) is 17.1. The zero-order chi connectivity index (χ0) is 20.2. The SMILES string of the molecule is COc1ccc2[nH]cc(CCN(Cc3ccccc3OC)C(=O)C3CCC3)c2c1. The third kappa shape index (κ3) is 4.09. The number of nitrogens with one attached hydrogen (secondary N) is 1. The monoisotopic (exact) mass is 392 g/mol. The topological polar surface area (TPSA) is 54.6 Å². The molecule has 5 heteroatoms. The molecule has 0 bridgehead atoms. The molecule has 1 aliphatic rings. The van der Waals surface area contributed by atoms with Crippen LogP contribution >= 0.6 is 0 Å². The van der Waals surface area contributed by atoms with E-state index in [9.17, 15) is 4.79 Å². The van der Waals surface area contributed by atoms with Crippen molar-refractivity contribution in [3.05, 3.63) is 59.8 Å². The lowest BCUT2D eigenvalue weighted by Crippen LogP contribution is -2.39. The third-order valence-corrected chi connectivity index (χ3v) is 5.95. The molecular weight excluding hydrogens is 364 g/mol. The summed E-state index contributed by atoms with van der Waals surface area (Å²) in [5.74, 6) is 2.11. The molecule has 1 N–H and O–H groups in total. The van der Waals surface area contributed by atoms with E-state index in [4.69, 9.17) is 9.47 Å². The Balaban J connectivity index is 1.54. The Morgan fingerprint density at radius 3 is 2.66 bits per heavy atom. The normalized spacial score (nSPS) is 13.9. The maximum absolute atomic E-state index is 13.1. The number of hydrogen-bond donors (Lipinski definition) is 1. The second-order valence-corrected chi connectivity index (χ2v) is 7.67. The molecule has 2 aromatic carbocycles. The summed E-state index contributed by atoms with van der Waals surface area (Å²) in [4.78, 5) is 18.4. The fourth-order valence-corrected chi connectivity index (χ4v) is 3.97. The van der Waals surface area contributed by atoms with E-state index in [1.807, 2.05) is 47.5 Å². The largest absolute Gasteiger partial charge is 0.497 e. The molecule has 0 spiro atoms. The minimum atomic E-state index is 0.174. The summed E-state index contributed by atoms with van der Waals surface area (Å²) < 4.78 is 10.9. The van der Waals surface area contributed by atoms with Crippen molar-refractivity contribution >= 4 is 16.8 Å². The van der Waals surface area contributed by atoms with E-state index in [-0.39, 0.29) is 11.8 Å². The van der Waals surface area contributed by atoms with Gasteiger partial charge < -0.3 is 19.4 Å². The molecule has 0 unspecified atom stereocenters. The number of carbonyl (C=O) groups excluding carboxylic acids is 1. The Kier molecular flexibility index (Phi) is 5.74. The van der Waals surface area contributed by atoms with Crippen LogP contribution in [0.15, 0.2) is 48.7 Å². The molecule has 5 nitrogen and oxygen atoms in total. The van der Waals surface area contributed by atoms with Crippen molar-refractivity contribution in [3.8, 4) is 11.5 Å². The Labute approximate surface area is 171 Å². The number of rotatable bonds is 8. The summed E-state index contributed by atoms with van der Waals surface area (Å²) in [5.41, 5.74) is 3.33. The van der Waals surface area contributed by atoms with Crippen LogP contribution in [0.3, 0.4) is 0 Å². The molecule has 29 heavy (non-hydrogen) atoms. The van der Waals surface area contributed by atoms with Crippen molar-refractivity contribution in [2.45, 2.75) is 32.2 Å². The van der Waals surface area contributed by atoms with Crippen LogP contribution in [0, 0.1) is 5.92 Å². The molecule has 1 fully saturated rings. The van der Waals surface area contributed by atoms with Crippen molar-refractivity contribution in [3.63, 3.8) is 0 Å². The van der Waals surface area contributed by atoms with Crippen LogP contribution in [0.25, 0.3) is 10.9 Å². The van der Waals surface area contributed by atoms with Gasteiger partial charge >= 0.3 is 0 Å². The molecule has 0 atom stereocenters. The van der Waals surface area contributed by atoms with E-state index in [0.717, 1.165) is 53.6 Å². The number of methoxy groups -OCH3 is 2. The smallest absolute Gasteiger partial charge is 0.225 e. The van der Waals surface area contributed by atoms with Gasteiger partial charge in [0.2, 0.25) is 5.91 Å². The van der Waals surface area contributed by atoms with Gasteiger partial charge in [-0.1, -0.05) is 24.6 Å². The highest BCUT2D eigenvalue weighted by molar-refractivity contribution is 5.85. The molecule has 1 aliphatic carbocycles. The number of H-pyrrole nitrogens is 1. The van der Waals surface area contributed by atoms with Gasteiger partial charge in [0.25, 0.3) is 0 Å². The summed E-state index contributed by atoms with van der Waals surface area (Å²) in [5, 5.41) is 1.15. The minimum absolute atomic E-state index is 0.174. The standard InChI is InChI=1S/C24H28N2O3/c1-28-20-10-11-22-21(14-20)18(15-25-22)12-13-26(24(27)17-7-5-8-17)16-19-6-3-4-9-23(19)29-2/h3-4,6,9-11,14-15,17,25H,5,7-8,12-13,16H2,1-2H3. The molecule has 3 aromatic rings. The van der Waals surface area contributed by atoms with E-state index in [1.54, 1.807) is 14.2 Å². The lowest BCUT2D eigenvalue weighted by molar-refractivity contribution is -0.138. The Hall–Kier alpha value is -2.95. The van der Waals surface area contributed by atoms with Crippen LogP contribution in [0.2, 0.25) is 0 Å². The molecule has 0 aliphatic heterocycles. The molecule has 0 saturated heterocycles. The van der Waals surface area contributed by atoms with Crippen molar-refractivity contribution in [1.82, 2.24) is 9.88 Å². The van der Waals surface area contributed by atoms with E-state index in [2.05, 4.69) is 11.1 Å². The average Bonchev–Trinajstić information content (AvgIpc) is 3.12. The second-order valence-electron chi connectivity index (χ2n) is 7.67. The number of aromatic amines is 1. The number of hydrogen-bond acceptors (Lipinski definition) is 3. The lowest BCUT2D eigenvalue weighted by atomic mass is 9.84. The minimum Gasteiger partial charge on any atom is -0.497 e. The summed E-state index contributed by atoms with van der Waals surface area (Å²) >= 11 is 0. The number of benzene rings is 2. The Morgan fingerprint density at radius 2 is 1.93 bits per heavy atom. The number of carbonyl (C=O) groups is 1. The molecular formula is C24H28N2O3. The number of aromatic nitrogens is 1. The van der Waals surface area contributed by atoms with Crippen LogP contribution in [-0.4, -0.2) is 36.6 Å². The fourth-order valence-electron chi connectivity index (χ4n) is 3.97. The first-order valence-electron chi connectivity index (χ1n) is 10.2. The fraction of sp³-hybridized carbons (Fsp3) is 0.375. The van der Waals surface area contributed by atoms with Gasteiger partial charge in [0.1, 0.15) is 11.5 Å². The van der Waals surface area contributed by atoms with Crippen LogP contribution < -0.4 is 9.47 Å². The van der Waals surface area contributed by atoms with Crippen LogP contribution in [-0.2, 0) is 17.8 Å². The van der Waals surface area contributed by atoms with Crippen LogP contribution in [0.5, 0.6) is 11.5 Å². The Bertz CT molecular complexity index is 991. The maximum Gasteiger partial charge on any atom is 0.225 e. The molecule has 4 rings (SSSR count). The van der Waals surface area contributed by atoms with Crippen LogP contribution in [0.4, 0.5) is 0 Å². The highest BCUT2D eigenvalue weighted by Crippen LogP contribution is 2.30. The summed E-state index contributed by atoms with van der Waals surface area (Å²) in [6.07, 6.45) is 6.00. The van der Waals surface area contributed by atoms with Gasteiger partial charge in [-0.2, -0.15) is 0 Å². The number of para-hydroxylation sites is 1. The number of nitrogens with zero attached hydrogens (tertiary/aromatic N) is 1. The van der Waals surface area contributed by atoms with Gasteiger partial charge in [0, 0.05) is 41.7 Å². The summed E-state index contributed by atoms with van der Waals surface area (Å²) in [6.45, 7) is 1.25. The van der Waals surface area contributed by atoms with E-state index >= 15 is 0 Å². The van der Waals surface area contributed by atoms with Gasteiger partial charge in [-0.15, -0.1) is 0 Å². The van der Waals surface area contributed by atoms with Crippen molar-refractivity contribution in [1.29, 1.82) is 0 Å². The van der Waals surface area contributed by atoms with Gasteiger partial charge in [0.05, 0.1) is 14.2 Å². The van der Waals surface area contributed by atoms with E-state index in [1.165, 1.54) is 5.56 Å². The predicted octanol–water partition coefficient (Wildman–Crippen LogP) is 4.56. The highest BCUT2D eigenvalue weighted by atomic mass is 16.5. The third-order valence-electron chi connectivity index (χ3n) is 5.95. The van der Waals surface area contributed by atoms with E-state index < -0.39 is 0 Å². The predicted molar refractivity (Wildman–Crippen MR) is 114 cm³/mol. The molecule has 1 amide bonds. The molecule has 0 radical (unpaired) electrons. The molecule has 1 heterocycles.